The Bertz CT molecular complexity index is 691. The molecule has 2 rings (SSSR count). The van der Waals surface area contributed by atoms with E-state index in [2.05, 4.69) is 15.9 Å². The van der Waals surface area contributed by atoms with E-state index in [0.29, 0.717) is 24.5 Å². The van der Waals surface area contributed by atoms with E-state index in [-0.39, 0.29) is 13.0 Å². The maximum absolute atomic E-state index is 12.8. The van der Waals surface area contributed by atoms with Crippen molar-refractivity contribution in [2.24, 2.45) is 0 Å². The van der Waals surface area contributed by atoms with Crippen molar-refractivity contribution in [2.75, 3.05) is 13.2 Å². The van der Waals surface area contributed by atoms with E-state index in [1.54, 1.807) is 13.0 Å². The van der Waals surface area contributed by atoms with Gasteiger partial charge in [-0.25, -0.2) is 4.79 Å². The molecule has 1 aliphatic rings. The molecular weight excluding hydrogens is 436 g/mol. The maximum atomic E-state index is 12.8. The normalized spacial score (nSPS) is 22.3. The molecule has 0 amide bonds. The Kier molecular flexibility index (Phi) is 8.13. The predicted molar refractivity (Wildman–Crippen MR) is 107 cm³/mol. The topological polar surface area (TPSA) is 61.8 Å². The molecule has 0 radical (unpaired) electrons. The Labute approximate surface area is 173 Å². The minimum atomic E-state index is -1.38. The largest absolute Gasteiger partial charge is 0.463 e. The standard InChI is InChI=1S/C20H26BrClO5/c1-4-25-17-8-6-7-9-20(17,19(24)26-5-2)27-18(23)12-14-11-16(22)15(21)10-13(14)3/h10-11,17H,4-9,12H2,1-3H3. The average Bonchev–Trinajstić information content (AvgIpc) is 2.61. The van der Waals surface area contributed by atoms with Crippen molar-refractivity contribution in [1.82, 2.24) is 0 Å². The molecule has 1 fully saturated rings. The molecule has 1 saturated carbocycles. The summed E-state index contributed by atoms with van der Waals surface area (Å²) in [5, 5.41) is 0.522. The minimum absolute atomic E-state index is 0.0266. The highest BCUT2D eigenvalue weighted by atomic mass is 79.9. The first-order valence-electron chi connectivity index (χ1n) is 9.29. The molecule has 0 aromatic heterocycles. The molecule has 0 aliphatic heterocycles. The fourth-order valence-corrected chi connectivity index (χ4v) is 4.09. The number of benzene rings is 1. The third-order valence-corrected chi connectivity index (χ3v) is 5.98. The van der Waals surface area contributed by atoms with Gasteiger partial charge in [-0.3, -0.25) is 4.79 Å². The molecule has 27 heavy (non-hydrogen) atoms. The van der Waals surface area contributed by atoms with E-state index in [1.807, 2.05) is 19.9 Å². The highest BCUT2D eigenvalue weighted by molar-refractivity contribution is 9.10. The number of hydrogen-bond acceptors (Lipinski definition) is 5. The van der Waals surface area contributed by atoms with Crippen LogP contribution in [0, 0.1) is 6.92 Å². The number of halogens is 2. The third-order valence-electron chi connectivity index (χ3n) is 4.78. The molecule has 5 nitrogen and oxygen atoms in total. The van der Waals surface area contributed by atoms with Gasteiger partial charge in [0.2, 0.25) is 5.60 Å². The fraction of sp³-hybridized carbons (Fsp3) is 0.600. The summed E-state index contributed by atoms with van der Waals surface area (Å²) in [4.78, 5) is 25.5. The van der Waals surface area contributed by atoms with Crippen LogP contribution in [0.15, 0.2) is 16.6 Å². The van der Waals surface area contributed by atoms with Crippen LogP contribution in [-0.4, -0.2) is 36.9 Å². The van der Waals surface area contributed by atoms with Crippen LogP contribution in [0.2, 0.25) is 5.02 Å². The van der Waals surface area contributed by atoms with Gasteiger partial charge >= 0.3 is 11.9 Å². The number of carbonyl (C=O) groups excluding carboxylic acids is 2. The SMILES string of the molecule is CCOC(=O)C1(OC(=O)Cc2cc(Cl)c(Br)cc2C)CCCCC1OCC. The van der Waals surface area contributed by atoms with Gasteiger partial charge in [0.25, 0.3) is 0 Å². The summed E-state index contributed by atoms with van der Waals surface area (Å²) in [6.07, 6.45) is 2.29. The van der Waals surface area contributed by atoms with Crippen molar-refractivity contribution in [2.45, 2.75) is 64.6 Å². The lowest BCUT2D eigenvalue weighted by molar-refractivity contribution is -0.207. The second-order valence-corrected chi connectivity index (χ2v) is 7.90. The van der Waals surface area contributed by atoms with Gasteiger partial charge < -0.3 is 14.2 Å². The van der Waals surface area contributed by atoms with Crippen LogP contribution in [0.5, 0.6) is 0 Å². The minimum Gasteiger partial charge on any atom is -0.463 e. The van der Waals surface area contributed by atoms with Crippen molar-refractivity contribution in [3.63, 3.8) is 0 Å². The predicted octanol–water partition coefficient (Wildman–Crippen LogP) is 4.78. The summed E-state index contributed by atoms with van der Waals surface area (Å²) in [5.74, 6) is -1.02. The lowest BCUT2D eigenvalue weighted by Crippen LogP contribution is -2.56. The number of carbonyl (C=O) groups is 2. The monoisotopic (exact) mass is 460 g/mol. The summed E-state index contributed by atoms with van der Waals surface area (Å²) < 4.78 is 17.6. The summed E-state index contributed by atoms with van der Waals surface area (Å²) >= 11 is 9.52. The van der Waals surface area contributed by atoms with Crippen molar-refractivity contribution in [1.29, 1.82) is 0 Å². The molecule has 0 spiro atoms. The van der Waals surface area contributed by atoms with Gasteiger partial charge in [0, 0.05) is 17.5 Å². The first kappa shape index (κ1) is 22.2. The van der Waals surface area contributed by atoms with E-state index in [4.69, 9.17) is 25.8 Å². The highest BCUT2D eigenvalue weighted by Gasteiger charge is 2.52. The van der Waals surface area contributed by atoms with Crippen LogP contribution in [0.1, 0.15) is 50.7 Å². The smallest absolute Gasteiger partial charge is 0.353 e. The van der Waals surface area contributed by atoms with Crippen molar-refractivity contribution in [3.05, 3.63) is 32.8 Å². The van der Waals surface area contributed by atoms with Gasteiger partial charge in [0.05, 0.1) is 18.1 Å². The van der Waals surface area contributed by atoms with Crippen molar-refractivity contribution in [3.8, 4) is 0 Å². The molecule has 1 aromatic rings. The molecule has 0 saturated heterocycles. The summed E-state index contributed by atoms with van der Waals surface area (Å²) in [6.45, 7) is 6.15. The number of ether oxygens (including phenoxy) is 3. The Morgan fingerprint density at radius 3 is 2.67 bits per heavy atom. The first-order chi connectivity index (χ1) is 12.8. The van der Waals surface area contributed by atoms with Gasteiger partial charge in [-0.15, -0.1) is 0 Å². The number of esters is 2. The molecule has 7 heteroatoms. The Balaban J connectivity index is 2.25. The van der Waals surface area contributed by atoms with E-state index < -0.39 is 23.6 Å². The molecule has 0 bridgehead atoms. The van der Waals surface area contributed by atoms with Crippen LogP contribution in [0.3, 0.4) is 0 Å². The van der Waals surface area contributed by atoms with Gasteiger partial charge in [-0.05, 0) is 72.8 Å². The van der Waals surface area contributed by atoms with Crippen LogP contribution >= 0.6 is 27.5 Å². The van der Waals surface area contributed by atoms with Crippen LogP contribution in [0.25, 0.3) is 0 Å². The molecule has 0 N–H and O–H groups in total. The van der Waals surface area contributed by atoms with Gasteiger partial charge in [-0.1, -0.05) is 18.0 Å². The number of rotatable bonds is 7. The number of hydrogen-bond donors (Lipinski definition) is 0. The van der Waals surface area contributed by atoms with Gasteiger partial charge in [0.15, 0.2) is 0 Å². The van der Waals surface area contributed by atoms with Crippen LogP contribution < -0.4 is 0 Å². The zero-order valence-corrected chi connectivity index (χ0v) is 18.3. The van der Waals surface area contributed by atoms with Crippen LogP contribution in [-0.2, 0) is 30.2 Å². The average molecular weight is 462 g/mol. The zero-order chi connectivity index (χ0) is 20.0. The molecule has 0 heterocycles. The van der Waals surface area contributed by atoms with Crippen molar-refractivity contribution >= 4 is 39.5 Å². The lowest BCUT2D eigenvalue weighted by Gasteiger charge is -2.40. The summed E-state index contributed by atoms with van der Waals surface area (Å²) in [7, 11) is 0. The van der Waals surface area contributed by atoms with Crippen LogP contribution in [0.4, 0.5) is 0 Å². The van der Waals surface area contributed by atoms with E-state index in [9.17, 15) is 9.59 Å². The first-order valence-corrected chi connectivity index (χ1v) is 10.5. The molecule has 150 valence electrons. The van der Waals surface area contributed by atoms with E-state index in [1.165, 1.54) is 0 Å². The summed E-state index contributed by atoms with van der Waals surface area (Å²) in [5.41, 5.74) is 0.295. The molecule has 1 aromatic carbocycles. The Hall–Kier alpha value is -1.11. The number of aryl methyl sites for hydroxylation is 1. The Morgan fingerprint density at radius 1 is 1.26 bits per heavy atom. The summed E-state index contributed by atoms with van der Waals surface area (Å²) in [6, 6.07) is 3.59. The zero-order valence-electron chi connectivity index (χ0n) is 16.0. The third kappa shape index (κ3) is 5.24. The Morgan fingerprint density at radius 2 is 2.00 bits per heavy atom. The van der Waals surface area contributed by atoms with Crippen molar-refractivity contribution < 1.29 is 23.8 Å². The molecular formula is C20H26BrClO5. The second-order valence-electron chi connectivity index (χ2n) is 6.64. The molecule has 2 atom stereocenters. The van der Waals surface area contributed by atoms with E-state index >= 15 is 0 Å². The molecule has 2 unspecified atom stereocenters. The van der Waals surface area contributed by atoms with Gasteiger partial charge in [0.1, 0.15) is 6.10 Å². The fourth-order valence-electron chi connectivity index (χ4n) is 3.45. The maximum Gasteiger partial charge on any atom is 0.353 e. The lowest BCUT2D eigenvalue weighted by atomic mass is 9.81. The van der Waals surface area contributed by atoms with E-state index in [0.717, 1.165) is 28.4 Å². The quantitative estimate of drug-likeness (QED) is 0.547. The molecule has 1 aliphatic carbocycles. The van der Waals surface area contributed by atoms with Gasteiger partial charge in [-0.2, -0.15) is 0 Å². The second kappa shape index (κ2) is 9.89. The highest BCUT2D eigenvalue weighted by Crippen LogP contribution is 2.36.